The molecule has 0 aromatic heterocycles. The average Bonchev–Trinajstić information content (AvgIpc) is 2.51. The Kier molecular flexibility index (Phi) is 7.59. The molecule has 1 atom stereocenters. The van der Waals surface area contributed by atoms with Crippen molar-refractivity contribution in [2.45, 2.75) is 52.5 Å². The van der Waals surface area contributed by atoms with Crippen LogP contribution in [0.3, 0.4) is 0 Å². The van der Waals surface area contributed by atoms with Crippen molar-refractivity contribution < 1.29 is 14.3 Å². The van der Waals surface area contributed by atoms with E-state index in [4.69, 9.17) is 4.74 Å². The SMILES string of the molecule is CCCOCCCN1CCC(=O)NC(CC(C)C)C1=O. The highest BCUT2D eigenvalue weighted by molar-refractivity contribution is 5.89. The van der Waals surface area contributed by atoms with Crippen LogP contribution < -0.4 is 5.32 Å². The van der Waals surface area contributed by atoms with Crippen molar-refractivity contribution in [2.75, 3.05) is 26.3 Å². The molecule has 1 aliphatic heterocycles. The van der Waals surface area contributed by atoms with Gasteiger partial charge in [0.15, 0.2) is 0 Å². The van der Waals surface area contributed by atoms with E-state index < -0.39 is 0 Å². The van der Waals surface area contributed by atoms with Crippen molar-refractivity contribution in [3.8, 4) is 0 Å². The minimum Gasteiger partial charge on any atom is -0.381 e. The molecule has 0 saturated carbocycles. The van der Waals surface area contributed by atoms with Crippen LogP contribution in [0.25, 0.3) is 0 Å². The molecule has 1 unspecified atom stereocenters. The number of rotatable bonds is 8. The number of nitrogens with zero attached hydrogens (tertiary/aromatic N) is 1. The summed E-state index contributed by atoms with van der Waals surface area (Å²) in [6.07, 6.45) is 2.94. The highest BCUT2D eigenvalue weighted by atomic mass is 16.5. The van der Waals surface area contributed by atoms with E-state index in [1.54, 1.807) is 4.90 Å². The Bertz CT molecular complexity index is 318. The molecule has 1 fully saturated rings. The Morgan fingerprint density at radius 3 is 2.75 bits per heavy atom. The van der Waals surface area contributed by atoms with Gasteiger partial charge in [-0.05, 0) is 25.2 Å². The van der Waals surface area contributed by atoms with Crippen molar-refractivity contribution >= 4 is 11.8 Å². The molecule has 2 amide bonds. The topological polar surface area (TPSA) is 58.6 Å². The van der Waals surface area contributed by atoms with Gasteiger partial charge >= 0.3 is 0 Å². The van der Waals surface area contributed by atoms with Crippen LogP contribution in [0.2, 0.25) is 0 Å². The highest BCUT2D eigenvalue weighted by Crippen LogP contribution is 2.12. The lowest BCUT2D eigenvalue weighted by molar-refractivity contribution is -0.134. The summed E-state index contributed by atoms with van der Waals surface area (Å²) < 4.78 is 5.43. The van der Waals surface area contributed by atoms with E-state index in [1.165, 1.54) is 0 Å². The maximum Gasteiger partial charge on any atom is 0.245 e. The Morgan fingerprint density at radius 1 is 1.35 bits per heavy atom. The monoisotopic (exact) mass is 284 g/mol. The minimum absolute atomic E-state index is 0.0197. The van der Waals surface area contributed by atoms with Gasteiger partial charge in [0.05, 0.1) is 0 Å². The van der Waals surface area contributed by atoms with E-state index in [2.05, 4.69) is 26.1 Å². The summed E-state index contributed by atoms with van der Waals surface area (Å²) >= 11 is 0. The summed E-state index contributed by atoms with van der Waals surface area (Å²) in [5.74, 6) is 0.422. The molecule has 0 aromatic rings. The van der Waals surface area contributed by atoms with Crippen LogP contribution in [0.5, 0.6) is 0 Å². The van der Waals surface area contributed by atoms with Crippen molar-refractivity contribution in [1.29, 1.82) is 0 Å². The van der Waals surface area contributed by atoms with Crippen LogP contribution in [-0.2, 0) is 14.3 Å². The van der Waals surface area contributed by atoms with Crippen LogP contribution >= 0.6 is 0 Å². The normalized spacial score (nSPS) is 20.2. The smallest absolute Gasteiger partial charge is 0.245 e. The number of nitrogens with one attached hydrogen (secondary N) is 1. The Hall–Kier alpha value is -1.10. The quantitative estimate of drug-likeness (QED) is 0.688. The van der Waals surface area contributed by atoms with E-state index in [9.17, 15) is 9.59 Å². The van der Waals surface area contributed by atoms with Gasteiger partial charge in [-0.25, -0.2) is 0 Å². The first-order valence-electron chi connectivity index (χ1n) is 7.70. The summed E-state index contributed by atoms with van der Waals surface area (Å²) in [6.45, 7) is 8.84. The lowest BCUT2D eigenvalue weighted by Gasteiger charge is -2.25. The number of hydrogen-bond donors (Lipinski definition) is 1. The average molecular weight is 284 g/mol. The third kappa shape index (κ3) is 5.90. The maximum atomic E-state index is 12.4. The fourth-order valence-electron chi connectivity index (χ4n) is 2.35. The van der Waals surface area contributed by atoms with Gasteiger partial charge < -0.3 is 15.0 Å². The fourth-order valence-corrected chi connectivity index (χ4v) is 2.35. The van der Waals surface area contributed by atoms with Crippen LogP contribution in [-0.4, -0.2) is 49.1 Å². The zero-order valence-corrected chi connectivity index (χ0v) is 13.0. The van der Waals surface area contributed by atoms with Gasteiger partial charge in [-0.3, -0.25) is 9.59 Å². The van der Waals surface area contributed by atoms with Gasteiger partial charge in [-0.1, -0.05) is 20.8 Å². The van der Waals surface area contributed by atoms with Gasteiger partial charge in [0.25, 0.3) is 0 Å². The molecular weight excluding hydrogens is 256 g/mol. The second-order valence-electron chi connectivity index (χ2n) is 5.79. The second kappa shape index (κ2) is 8.95. The molecule has 1 rings (SSSR count). The van der Waals surface area contributed by atoms with Crippen molar-refractivity contribution in [2.24, 2.45) is 5.92 Å². The van der Waals surface area contributed by atoms with Crippen LogP contribution in [0.4, 0.5) is 0 Å². The van der Waals surface area contributed by atoms with E-state index in [-0.39, 0.29) is 17.9 Å². The summed E-state index contributed by atoms with van der Waals surface area (Å²) in [7, 11) is 0. The summed E-state index contributed by atoms with van der Waals surface area (Å²) in [5, 5.41) is 2.84. The molecule has 20 heavy (non-hydrogen) atoms. The Labute approximate surface area is 122 Å². The number of carbonyl (C=O) groups excluding carboxylic acids is 2. The number of carbonyl (C=O) groups is 2. The molecular formula is C15H28N2O3. The zero-order valence-electron chi connectivity index (χ0n) is 13.0. The predicted octanol–water partition coefficient (Wildman–Crippen LogP) is 1.57. The maximum absolute atomic E-state index is 12.4. The van der Waals surface area contributed by atoms with Crippen LogP contribution in [0.15, 0.2) is 0 Å². The first kappa shape index (κ1) is 17.0. The third-order valence-corrected chi connectivity index (χ3v) is 3.33. The first-order chi connectivity index (χ1) is 9.54. The van der Waals surface area contributed by atoms with Gasteiger partial charge in [-0.2, -0.15) is 0 Å². The zero-order chi connectivity index (χ0) is 15.0. The molecule has 1 heterocycles. The van der Waals surface area contributed by atoms with E-state index >= 15 is 0 Å². The third-order valence-electron chi connectivity index (χ3n) is 3.33. The molecule has 1 N–H and O–H groups in total. The summed E-state index contributed by atoms with van der Waals surface area (Å²) in [4.78, 5) is 25.9. The minimum atomic E-state index is -0.360. The number of hydrogen-bond acceptors (Lipinski definition) is 3. The Balaban J connectivity index is 2.47. The lowest BCUT2D eigenvalue weighted by atomic mass is 10.0. The van der Waals surface area contributed by atoms with Crippen molar-refractivity contribution in [3.05, 3.63) is 0 Å². The standard InChI is InChI=1S/C15H28N2O3/c1-4-9-20-10-5-7-17-8-6-14(18)16-13(15(17)19)11-12(2)3/h12-13H,4-11H2,1-3H3,(H,16,18). The molecule has 1 saturated heterocycles. The van der Waals surface area contributed by atoms with Gasteiger partial charge in [-0.15, -0.1) is 0 Å². The number of ether oxygens (including phenoxy) is 1. The largest absolute Gasteiger partial charge is 0.381 e. The first-order valence-corrected chi connectivity index (χ1v) is 7.70. The molecule has 0 bridgehead atoms. The molecule has 0 aromatic carbocycles. The van der Waals surface area contributed by atoms with Gasteiger partial charge in [0, 0.05) is 32.7 Å². The van der Waals surface area contributed by atoms with E-state index in [0.29, 0.717) is 38.5 Å². The molecule has 0 radical (unpaired) electrons. The van der Waals surface area contributed by atoms with E-state index in [0.717, 1.165) is 19.4 Å². The molecule has 5 heteroatoms. The highest BCUT2D eigenvalue weighted by Gasteiger charge is 2.29. The van der Waals surface area contributed by atoms with Gasteiger partial charge in [0.1, 0.15) is 6.04 Å². The molecule has 5 nitrogen and oxygen atoms in total. The number of amides is 2. The second-order valence-corrected chi connectivity index (χ2v) is 5.79. The summed E-state index contributed by atoms with van der Waals surface area (Å²) in [5.41, 5.74) is 0. The van der Waals surface area contributed by atoms with Crippen molar-refractivity contribution in [3.63, 3.8) is 0 Å². The predicted molar refractivity (Wildman–Crippen MR) is 78.3 cm³/mol. The van der Waals surface area contributed by atoms with Gasteiger partial charge in [0.2, 0.25) is 11.8 Å². The lowest BCUT2D eigenvalue weighted by Crippen LogP contribution is -2.45. The molecule has 0 spiro atoms. The molecule has 0 aliphatic carbocycles. The Morgan fingerprint density at radius 2 is 2.10 bits per heavy atom. The summed E-state index contributed by atoms with van der Waals surface area (Å²) in [6, 6.07) is -0.360. The van der Waals surface area contributed by atoms with E-state index in [1.807, 2.05) is 0 Å². The fraction of sp³-hybridized carbons (Fsp3) is 0.867. The molecule has 1 aliphatic rings. The van der Waals surface area contributed by atoms with Crippen molar-refractivity contribution in [1.82, 2.24) is 10.2 Å². The molecule has 116 valence electrons. The van der Waals surface area contributed by atoms with Crippen LogP contribution in [0, 0.1) is 5.92 Å². The van der Waals surface area contributed by atoms with Crippen LogP contribution in [0.1, 0.15) is 46.5 Å².